The lowest BCUT2D eigenvalue weighted by atomic mass is 9.89. The van der Waals surface area contributed by atoms with E-state index in [4.69, 9.17) is 0 Å². The molecule has 0 aliphatic heterocycles. The van der Waals surface area contributed by atoms with Gasteiger partial charge in [-0.1, -0.05) is 41.5 Å². The fourth-order valence-corrected chi connectivity index (χ4v) is 1.92. The van der Waals surface area contributed by atoms with Crippen LogP contribution in [0.15, 0.2) is 0 Å². The Bertz CT molecular complexity index is 160. The zero-order chi connectivity index (χ0) is 12.1. The fraction of sp³-hybridized carbons (Fsp3) is 1.00. The highest BCUT2D eigenvalue weighted by Gasteiger charge is 2.18. The molecule has 0 aromatic carbocycles. The van der Waals surface area contributed by atoms with Crippen LogP contribution in [0.5, 0.6) is 0 Å². The highest BCUT2D eigenvalue weighted by atomic mass is 16.3. The third-order valence-electron chi connectivity index (χ3n) is 2.71. The van der Waals surface area contributed by atoms with Crippen molar-refractivity contribution in [3.63, 3.8) is 0 Å². The van der Waals surface area contributed by atoms with E-state index < -0.39 is 0 Å². The zero-order valence-electron chi connectivity index (χ0n) is 11.3. The van der Waals surface area contributed by atoms with Gasteiger partial charge in [-0.2, -0.15) is 0 Å². The fourth-order valence-electron chi connectivity index (χ4n) is 1.92. The second kappa shape index (κ2) is 6.49. The van der Waals surface area contributed by atoms with Crippen LogP contribution in [0.25, 0.3) is 0 Å². The van der Waals surface area contributed by atoms with Gasteiger partial charge in [0.2, 0.25) is 0 Å². The number of aliphatic hydroxyl groups is 1. The topological polar surface area (TPSA) is 32.3 Å². The molecule has 0 saturated carbocycles. The largest absolute Gasteiger partial charge is 0.392 e. The third-order valence-corrected chi connectivity index (χ3v) is 2.71. The Hall–Kier alpha value is -0.0800. The summed E-state index contributed by atoms with van der Waals surface area (Å²) in [5.41, 5.74) is 0.209. The molecule has 0 spiro atoms. The third kappa shape index (κ3) is 7.80. The first kappa shape index (κ1) is 14.9. The van der Waals surface area contributed by atoms with E-state index in [1.807, 2.05) is 0 Å². The first-order valence-corrected chi connectivity index (χ1v) is 6.17. The predicted octanol–water partition coefficient (Wildman–Crippen LogP) is 2.81. The molecule has 2 nitrogen and oxygen atoms in total. The van der Waals surface area contributed by atoms with Crippen LogP contribution in [-0.4, -0.2) is 23.8 Å². The van der Waals surface area contributed by atoms with E-state index in [-0.39, 0.29) is 11.5 Å². The minimum Gasteiger partial charge on any atom is -0.392 e. The molecule has 0 fully saturated rings. The maximum absolute atomic E-state index is 9.85. The van der Waals surface area contributed by atoms with Gasteiger partial charge in [-0.15, -0.1) is 0 Å². The van der Waals surface area contributed by atoms with Crippen LogP contribution in [-0.2, 0) is 0 Å². The van der Waals surface area contributed by atoms with E-state index in [9.17, 15) is 5.11 Å². The first-order chi connectivity index (χ1) is 6.76. The Balaban J connectivity index is 3.83. The summed E-state index contributed by atoms with van der Waals surface area (Å²) in [6, 6.07) is 0.527. The molecule has 0 aromatic heterocycles. The maximum atomic E-state index is 9.85. The standard InChI is InChI=1S/C13H29NO/c1-7-12(10(2)3)14-9-11(15)8-13(4,5)6/h10-12,14-15H,7-9H2,1-6H3. The summed E-state index contributed by atoms with van der Waals surface area (Å²) in [7, 11) is 0. The average molecular weight is 215 g/mol. The lowest BCUT2D eigenvalue weighted by molar-refractivity contribution is 0.114. The first-order valence-electron chi connectivity index (χ1n) is 6.17. The number of hydrogen-bond donors (Lipinski definition) is 2. The molecule has 0 rings (SSSR count). The number of nitrogens with one attached hydrogen (secondary N) is 1. The Morgan fingerprint density at radius 3 is 2.07 bits per heavy atom. The van der Waals surface area contributed by atoms with Crippen molar-refractivity contribution in [2.24, 2.45) is 11.3 Å². The molecule has 0 aliphatic rings. The second-order valence-electron chi connectivity index (χ2n) is 6.09. The van der Waals surface area contributed by atoms with Crippen LogP contribution in [0, 0.1) is 11.3 Å². The van der Waals surface area contributed by atoms with Crippen molar-refractivity contribution >= 4 is 0 Å². The Labute approximate surface area is 95.5 Å². The summed E-state index contributed by atoms with van der Waals surface area (Å²) < 4.78 is 0. The highest BCUT2D eigenvalue weighted by molar-refractivity contribution is 4.74. The lowest BCUT2D eigenvalue weighted by Gasteiger charge is -2.26. The van der Waals surface area contributed by atoms with Crippen LogP contribution >= 0.6 is 0 Å². The van der Waals surface area contributed by atoms with E-state index in [1.54, 1.807) is 0 Å². The van der Waals surface area contributed by atoms with Gasteiger partial charge in [-0.3, -0.25) is 0 Å². The van der Waals surface area contributed by atoms with E-state index >= 15 is 0 Å². The molecule has 0 radical (unpaired) electrons. The maximum Gasteiger partial charge on any atom is 0.0669 e. The van der Waals surface area contributed by atoms with E-state index in [0.717, 1.165) is 12.8 Å². The molecule has 92 valence electrons. The van der Waals surface area contributed by atoms with Gasteiger partial charge in [0.25, 0.3) is 0 Å². The van der Waals surface area contributed by atoms with Crippen LogP contribution in [0.1, 0.15) is 54.4 Å². The molecule has 2 atom stereocenters. The average Bonchev–Trinajstić information content (AvgIpc) is 2.01. The van der Waals surface area contributed by atoms with E-state index in [0.29, 0.717) is 18.5 Å². The van der Waals surface area contributed by atoms with Gasteiger partial charge in [-0.05, 0) is 24.2 Å². The minimum atomic E-state index is -0.224. The lowest BCUT2D eigenvalue weighted by Crippen LogP contribution is -2.39. The normalized spacial score (nSPS) is 16.8. The molecule has 2 N–H and O–H groups in total. The zero-order valence-corrected chi connectivity index (χ0v) is 11.3. The summed E-state index contributed by atoms with van der Waals surface area (Å²) in [5, 5.41) is 13.3. The monoisotopic (exact) mass is 215 g/mol. The van der Waals surface area contributed by atoms with Crippen molar-refractivity contribution in [1.82, 2.24) is 5.32 Å². The van der Waals surface area contributed by atoms with Crippen molar-refractivity contribution in [2.75, 3.05) is 6.54 Å². The molecule has 0 aromatic rings. The number of rotatable bonds is 6. The van der Waals surface area contributed by atoms with Gasteiger partial charge in [0, 0.05) is 12.6 Å². The SMILES string of the molecule is CCC(NCC(O)CC(C)(C)C)C(C)C. The second-order valence-corrected chi connectivity index (χ2v) is 6.09. The smallest absolute Gasteiger partial charge is 0.0669 e. The molecular formula is C13H29NO. The summed E-state index contributed by atoms with van der Waals surface area (Å²) in [5.74, 6) is 0.636. The molecule has 0 amide bonds. The van der Waals surface area contributed by atoms with Crippen molar-refractivity contribution in [3.8, 4) is 0 Å². The summed E-state index contributed by atoms with van der Waals surface area (Å²) in [6.07, 6.45) is 1.76. The van der Waals surface area contributed by atoms with Crippen LogP contribution in [0.2, 0.25) is 0 Å². The van der Waals surface area contributed by atoms with Gasteiger partial charge in [0.1, 0.15) is 0 Å². The summed E-state index contributed by atoms with van der Waals surface area (Å²) >= 11 is 0. The summed E-state index contributed by atoms with van der Waals surface area (Å²) in [6.45, 7) is 13.8. The molecule has 2 heteroatoms. The van der Waals surface area contributed by atoms with Crippen LogP contribution < -0.4 is 5.32 Å². The molecular weight excluding hydrogens is 186 g/mol. The Morgan fingerprint density at radius 2 is 1.73 bits per heavy atom. The minimum absolute atomic E-state index is 0.209. The van der Waals surface area contributed by atoms with Crippen molar-refractivity contribution in [1.29, 1.82) is 0 Å². The summed E-state index contributed by atoms with van der Waals surface area (Å²) in [4.78, 5) is 0. The molecule has 15 heavy (non-hydrogen) atoms. The van der Waals surface area contributed by atoms with Crippen molar-refractivity contribution in [3.05, 3.63) is 0 Å². The van der Waals surface area contributed by atoms with E-state index in [2.05, 4.69) is 46.9 Å². The van der Waals surface area contributed by atoms with E-state index in [1.165, 1.54) is 0 Å². The number of aliphatic hydroxyl groups excluding tert-OH is 1. The number of hydrogen-bond acceptors (Lipinski definition) is 2. The molecule has 0 heterocycles. The van der Waals surface area contributed by atoms with Gasteiger partial charge in [-0.25, -0.2) is 0 Å². The van der Waals surface area contributed by atoms with Gasteiger partial charge in [0.15, 0.2) is 0 Å². The van der Waals surface area contributed by atoms with Crippen molar-refractivity contribution in [2.45, 2.75) is 66.5 Å². The van der Waals surface area contributed by atoms with Gasteiger partial charge in [0.05, 0.1) is 6.10 Å². The predicted molar refractivity (Wildman–Crippen MR) is 67.0 cm³/mol. The van der Waals surface area contributed by atoms with Crippen LogP contribution in [0.3, 0.4) is 0 Å². The Morgan fingerprint density at radius 1 is 1.20 bits per heavy atom. The molecule has 0 aliphatic carbocycles. The van der Waals surface area contributed by atoms with Crippen LogP contribution in [0.4, 0.5) is 0 Å². The quantitative estimate of drug-likeness (QED) is 0.714. The molecule has 2 unspecified atom stereocenters. The highest BCUT2D eigenvalue weighted by Crippen LogP contribution is 2.20. The van der Waals surface area contributed by atoms with Crippen molar-refractivity contribution < 1.29 is 5.11 Å². The van der Waals surface area contributed by atoms with Gasteiger partial charge < -0.3 is 10.4 Å². The molecule has 0 bridgehead atoms. The van der Waals surface area contributed by atoms with Gasteiger partial charge >= 0.3 is 0 Å². The Kier molecular flexibility index (Phi) is 6.46. The molecule has 0 saturated heterocycles.